The van der Waals surface area contributed by atoms with E-state index in [-0.39, 0.29) is 5.91 Å². The van der Waals surface area contributed by atoms with E-state index in [1.165, 1.54) is 0 Å². The van der Waals surface area contributed by atoms with Crippen molar-refractivity contribution in [2.24, 2.45) is 0 Å². The average molecular weight is 245 g/mol. The van der Waals surface area contributed by atoms with Gasteiger partial charge in [0.25, 0.3) is 5.91 Å². The van der Waals surface area contributed by atoms with Crippen LogP contribution in [-0.4, -0.2) is 53.4 Å². The molecule has 0 radical (unpaired) electrons. The Labute approximate surface area is 108 Å². The van der Waals surface area contributed by atoms with Gasteiger partial charge in [0, 0.05) is 38.9 Å². The zero-order valence-corrected chi connectivity index (χ0v) is 10.6. The molecule has 18 heavy (non-hydrogen) atoms. The minimum Gasteiger partial charge on any atom is -0.336 e. The largest absolute Gasteiger partial charge is 0.336 e. The second-order valence-electron chi connectivity index (χ2n) is 4.45. The smallest absolute Gasteiger partial charge is 0.272 e. The van der Waals surface area contributed by atoms with E-state index < -0.39 is 0 Å². The Morgan fingerprint density at radius 3 is 2.94 bits per heavy atom. The number of nitrogens with zero attached hydrogens (tertiary/aromatic N) is 3. The summed E-state index contributed by atoms with van der Waals surface area (Å²) in [6.45, 7) is 8.16. The van der Waals surface area contributed by atoms with Crippen molar-refractivity contribution in [2.45, 2.75) is 6.42 Å². The second kappa shape index (κ2) is 6.31. The minimum atomic E-state index is 0.0380. The Hall–Kier alpha value is -1.68. The fourth-order valence-electron chi connectivity index (χ4n) is 2.19. The summed E-state index contributed by atoms with van der Waals surface area (Å²) < 4.78 is 0. The third-order valence-corrected chi connectivity index (χ3v) is 3.15. The highest BCUT2D eigenvalue weighted by Gasteiger charge is 2.20. The molecule has 0 atom stereocenters. The van der Waals surface area contributed by atoms with Crippen molar-refractivity contribution in [3.05, 3.63) is 42.7 Å². The third-order valence-electron chi connectivity index (χ3n) is 3.15. The van der Waals surface area contributed by atoms with Gasteiger partial charge in [0.2, 0.25) is 0 Å². The van der Waals surface area contributed by atoms with Gasteiger partial charge >= 0.3 is 0 Å². The van der Waals surface area contributed by atoms with E-state index in [1.807, 2.05) is 23.1 Å². The highest BCUT2D eigenvalue weighted by molar-refractivity contribution is 5.92. The maximum atomic E-state index is 12.2. The lowest BCUT2D eigenvalue weighted by Crippen LogP contribution is -2.35. The summed E-state index contributed by atoms with van der Waals surface area (Å²) in [5.41, 5.74) is 0.537. The van der Waals surface area contributed by atoms with Crippen molar-refractivity contribution in [1.29, 1.82) is 0 Å². The summed E-state index contributed by atoms with van der Waals surface area (Å²) in [5.74, 6) is 0.0380. The van der Waals surface area contributed by atoms with Gasteiger partial charge in [-0.05, 0) is 18.6 Å². The van der Waals surface area contributed by atoms with Crippen LogP contribution in [0.3, 0.4) is 0 Å². The number of rotatable bonds is 3. The normalized spacial score (nSPS) is 17.2. The lowest BCUT2D eigenvalue weighted by molar-refractivity contribution is 0.0756. The molecule has 1 aromatic heterocycles. The number of amides is 1. The van der Waals surface area contributed by atoms with Crippen molar-refractivity contribution in [3.8, 4) is 0 Å². The number of carbonyl (C=O) groups is 1. The van der Waals surface area contributed by atoms with Crippen LogP contribution in [-0.2, 0) is 0 Å². The van der Waals surface area contributed by atoms with Gasteiger partial charge in [-0.3, -0.25) is 14.7 Å². The molecule has 2 heterocycles. The fourth-order valence-corrected chi connectivity index (χ4v) is 2.19. The first-order chi connectivity index (χ1) is 8.81. The van der Waals surface area contributed by atoms with Crippen LogP contribution >= 0.6 is 0 Å². The van der Waals surface area contributed by atoms with Gasteiger partial charge in [0.05, 0.1) is 0 Å². The number of hydrogen-bond donors (Lipinski definition) is 0. The van der Waals surface area contributed by atoms with Gasteiger partial charge in [-0.2, -0.15) is 0 Å². The van der Waals surface area contributed by atoms with Crippen LogP contribution in [0.1, 0.15) is 16.9 Å². The van der Waals surface area contributed by atoms with Gasteiger partial charge in [-0.1, -0.05) is 12.1 Å². The van der Waals surface area contributed by atoms with Crippen molar-refractivity contribution >= 4 is 5.91 Å². The van der Waals surface area contributed by atoms with E-state index in [1.54, 1.807) is 12.3 Å². The van der Waals surface area contributed by atoms with Gasteiger partial charge < -0.3 is 4.90 Å². The molecule has 0 saturated carbocycles. The van der Waals surface area contributed by atoms with Crippen molar-refractivity contribution in [3.63, 3.8) is 0 Å². The highest BCUT2D eigenvalue weighted by Crippen LogP contribution is 2.07. The van der Waals surface area contributed by atoms with Crippen LogP contribution in [0.15, 0.2) is 37.1 Å². The highest BCUT2D eigenvalue weighted by atomic mass is 16.2. The zero-order valence-electron chi connectivity index (χ0n) is 10.6. The lowest BCUT2D eigenvalue weighted by atomic mass is 10.3. The molecule has 1 fully saturated rings. The number of carbonyl (C=O) groups excluding carboxylic acids is 1. The number of aromatic nitrogens is 1. The van der Waals surface area contributed by atoms with Gasteiger partial charge in [0.15, 0.2) is 0 Å². The number of pyridine rings is 1. The fraction of sp³-hybridized carbons (Fsp3) is 0.429. The molecule has 0 N–H and O–H groups in total. The predicted molar refractivity (Wildman–Crippen MR) is 71.4 cm³/mol. The van der Waals surface area contributed by atoms with Gasteiger partial charge in [-0.15, -0.1) is 6.58 Å². The Kier molecular flexibility index (Phi) is 4.47. The van der Waals surface area contributed by atoms with E-state index >= 15 is 0 Å². The summed E-state index contributed by atoms with van der Waals surface area (Å²) in [4.78, 5) is 20.6. The Bertz CT molecular complexity index is 405. The summed E-state index contributed by atoms with van der Waals surface area (Å²) in [6, 6.07) is 5.45. The average Bonchev–Trinajstić information content (AvgIpc) is 2.65. The SMILES string of the molecule is C=CCN1CCCN(C(=O)c2ccccn2)CC1. The standard InChI is InChI=1S/C14H19N3O/c1-2-8-16-9-5-10-17(12-11-16)14(18)13-6-3-4-7-15-13/h2-4,6-7H,1,5,8-12H2. The Morgan fingerprint density at radius 1 is 1.33 bits per heavy atom. The molecule has 1 saturated heterocycles. The van der Waals surface area contributed by atoms with E-state index in [2.05, 4.69) is 16.5 Å². The lowest BCUT2D eigenvalue weighted by Gasteiger charge is -2.20. The maximum absolute atomic E-state index is 12.2. The van der Waals surface area contributed by atoms with Crippen molar-refractivity contribution in [2.75, 3.05) is 32.7 Å². The van der Waals surface area contributed by atoms with E-state index in [9.17, 15) is 4.79 Å². The monoisotopic (exact) mass is 245 g/mol. The van der Waals surface area contributed by atoms with Gasteiger partial charge in [-0.25, -0.2) is 0 Å². The predicted octanol–water partition coefficient (Wildman–Crippen LogP) is 1.42. The molecule has 1 aromatic rings. The van der Waals surface area contributed by atoms with Crippen LogP contribution in [0.4, 0.5) is 0 Å². The van der Waals surface area contributed by atoms with Crippen LogP contribution in [0.2, 0.25) is 0 Å². The molecular formula is C14H19N3O. The van der Waals surface area contributed by atoms with E-state index in [0.29, 0.717) is 5.69 Å². The third kappa shape index (κ3) is 3.17. The molecule has 0 unspecified atom stereocenters. The second-order valence-corrected chi connectivity index (χ2v) is 4.45. The Balaban J connectivity index is 1.98. The summed E-state index contributed by atoms with van der Waals surface area (Å²) in [7, 11) is 0. The zero-order chi connectivity index (χ0) is 12.8. The topological polar surface area (TPSA) is 36.4 Å². The van der Waals surface area contributed by atoms with E-state index in [4.69, 9.17) is 0 Å². The van der Waals surface area contributed by atoms with Crippen LogP contribution in [0.5, 0.6) is 0 Å². The molecule has 4 heteroatoms. The van der Waals surface area contributed by atoms with Crippen molar-refractivity contribution in [1.82, 2.24) is 14.8 Å². The minimum absolute atomic E-state index is 0.0380. The first kappa shape index (κ1) is 12.8. The van der Waals surface area contributed by atoms with E-state index in [0.717, 1.165) is 39.1 Å². The first-order valence-electron chi connectivity index (χ1n) is 6.35. The molecule has 1 aliphatic heterocycles. The molecule has 1 amide bonds. The molecule has 0 spiro atoms. The van der Waals surface area contributed by atoms with Gasteiger partial charge in [0.1, 0.15) is 5.69 Å². The summed E-state index contributed by atoms with van der Waals surface area (Å²) >= 11 is 0. The first-order valence-corrected chi connectivity index (χ1v) is 6.35. The molecule has 4 nitrogen and oxygen atoms in total. The maximum Gasteiger partial charge on any atom is 0.272 e. The summed E-state index contributed by atoms with van der Waals surface area (Å²) in [6.07, 6.45) is 4.58. The number of hydrogen-bond acceptors (Lipinski definition) is 3. The van der Waals surface area contributed by atoms with Crippen LogP contribution in [0.25, 0.3) is 0 Å². The molecule has 96 valence electrons. The molecular weight excluding hydrogens is 226 g/mol. The molecule has 0 aromatic carbocycles. The molecule has 0 bridgehead atoms. The van der Waals surface area contributed by atoms with Crippen molar-refractivity contribution < 1.29 is 4.79 Å². The summed E-state index contributed by atoms with van der Waals surface area (Å²) in [5, 5.41) is 0. The molecule has 2 rings (SSSR count). The van der Waals surface area contributed by atoms with Crippen LogP contribution < -0.4 is 0 Å². The molecule has 0 aliphatic carbocycles. The Morgan fingerprint density at radius 2 is 2.22 bits per heavy atom. The van der Waals surface area contributed by atoms with Crippen LogP contribution in [0, 0.1) is 0 Å². The quantitative estimate of drug-likeness (QED) is 0.756. The molecule has 1 aliphatic rings.